The Balaban J connectivity index is 2.49. The summed E-state index contributed by atoms with van der Waals surface area (Å²) in [5.41, 5.74) is 0.401. The number of carbonyl (C=O) groups excluding carboxylic acids is 2. The van der Waals surface area contributed by atoms with E-state index in [2.05, 4.69) is 0 Å². The van der Waals surface area contributed by atoms with Gasteiger partial charge >= 0.3 is 5.97 Å². The van der Waals surface area contributed by atoms with Gasteiger partial charge in [0.05, 0.1) is 14.2 Å². The lowest BCUT2D eigenvalue weighted by molar-refractivity contribution is -0.149. The molecule has 0 fully saturated rings. The van der Waals surface area contributed by atoms with E-state index in [1.807, 2.05) is 13.0 Å². The first-order valence-electron chi connectivity index (χ1n) is 5.89. The van der Waals surface area contributed by atoms with Crippen molar-refractivity contribution in [2.24, 2.45) is 5.41 Å². The SMILES string of the molecule is CCC1(C(=O)OC)Cc2ccc(OC)cc2C1=O. The second-order valence-electron chi connectivity index (χ2n) is 4.46. The summed E-state index contributed by atoms with van der Waals surface area (Å²) in [5.74, 6) is 0.00906. The molecular weight excluding hydrogens is 232 g/mol. The molecule has 0 heterocycles. The summed E-state index contributed by atoms with van der Waals surface area (Å²) in [7, 11) is 2.87. The number of hydrogen-bond acceptors (Lipinski definition) is 4. The molecule has 1 unspecified atom stereocenters. The standard InChI is InChI=1S/C14H16O4/c1-4-14(13(16)18-3)8-9-5-6-10(17-2)7-11(9)12(14)15/h5-7H,4,8H2,1-3H3. The third-order valence-corrected chi connectivity index (χ3v) is 3.67. The van der Waals surface area contributed by atoms with E-state index in [0.29, 0.717) is 24.2 Å². The van der Waals surface area contributed by atoms with Gasteiger partial charge in [0.1, 0.15) is 11.2 Å². The van der Waals surface area contributed by atoms with E-state index in [1.54, 1.807) is 19.2 Å². The van der Waals surface area contributed by atoms with Gasteiger partial charge in [-0.1, -0.05) is 13.0 Å². The molecule has 0 radical (unpaired) electrons. The summed E-state index contributed by atoms with van der Waals surface area (Å²) in [4.78, 5) is 24.4. The minimum absolute atomic E-state index is 0.161. The Labute approximate surface area is 106 Å². The predicted octanol–water partition coefficient (Wildman–Crippen LogP) is 2.00. The van der Waals surface area contributed by atoms with E-state index < -0.39 is 11.4 Å². The van der Waals surface area contributed by atoms with Crippen molar-refractivity contribution in [2.75, 3.05) is 14.2 Å². The number of methoxy groups -OCH3 is 2. The smallest absolute Gasteiger partial charge is 0.320 e. The molecule has 4 heteroatoms. The normalized spacial score (nSPS) is 21.6. The van der Waals surface area contributed by atoms with Crippen molar-refractivity contribution in [3.05, 3.63) is 29.3 Å². The molecule has 2 rings (SSSR count). The zero-order valence-corrected chi connectivity index (χ0v) is 10.8. The molecule has 1 aliphatic rings. The van der Waals surface area contributed by atoms with E-state index in [4.69, 9.17) is 9.47 Å². The van der Waals surface area contributed by atoms with Crippen LogP contribution in [0.2, 0.25) is 0 Å². The molecule has 4 nitrogen and oxygen atoms in total. The number of ether oxygens (including phenoxy) is 2. The van der Waals surface area contributed by atoms with Crippen LogP contribution in [0, 0.1) is 5.41 Å². The zero-order valence-electron chi connectivity index (χ0n) is 10.8. The molecule has 0 amide bonds. The van der Waals surface area contributed by atoms with Crippen LogP contribution in [-0.4, -0.2) is 26.0 Å². The minimum atomic E-state index is -1.05. The zero-order chi connectivity index (χ0) is 13.3. The van der Waals surface area contributed by atoms with Crippen LogP contribution in [0.4, 0.5) is 0 Å². The van der Waals surface area contributed by atoms with Crippen LogP contribution in [-0.2, 0) is 16.0 Å². The second kappa shape index (κ2) is 4.44. The van der Waals surface area contributed by atoms with E-state index in [1.165, 1.54) is 7.11 Å². The molecule has 1 aromatic carbocycles. The summed E-state index contributed by atoms with van der Waals surface area (Å²) in [6, 6.07) is 5.33. The van der Waals surface area contributed by atoms with Crippen LogP contribution in [0.3, 0.4) is 0 Å². The molecule has 0 bridgehead atoms. The first kappa shape index (κ1) is 12.6. The number of ketones is 1. The Morgan fingerprint density at radius 1 is 1.39 bits per heavy atom. The Bertz CT molecular complexity index is 507. The highest BCUT2D eigenvalue weighted by atomic mass is 16.5. The topological polar surface area (TPSA) is 52.6 Å². The summed E-state index contributed by atoms with van der Waals surface area (Å²) in [6.45, 7) is 1.83. The van der Waals surface area contributed by atoms with Crippen molar-refractivity contribution in [2.45, 2.75) is 19.8 Å². The average Bonchev–Trinajstić information content (AvgIpc) is 2.71. The summed E-state index contributed by atoms with van der Waals surface area (Å²) >= 11 is 0. The monoisotopic (exact) mass is 248 g/mol. The van der Waals surface area contributed by atoms with Crippen LogP contribution in [0.25, 0.3) is 0 Å². The maximum Gasteiger partial charge on any atom is 0.320 e. The minimum Gasteiger partial charge on any atom is -0.497 e. The molecule has 1 aromatic rings. The van der Waals surface area contributed by atoms with Gasteiger partial charge in [-0.3, -0.25) is 9.59 Å². The molecule has 0 aliphatic heterocycles. The molecule has 1 aliphatic carbocycles. The van der Waals surface area contributed by atoms with E-state index in [9.17, 15) is 9.59 Å². The van der Waals surface area contributed by atoms with Gasteiger partial charge in [-0.05, 0) is 30.5 Å². The fourth-order valence-corrected chi connectivity index (χ4v) is 2.50. The summed E-state index contributed by atoms with van der Waals surface area (Å²) < 4.78 is 9.90. The van der Waals surface area contributed by atoms with Crippen LogP contribution >= 0.6 is 0 Å². The first-order chi connectivity index (χ1) is 8.58. The number of Topliss-reactive ketones (excluding diaryl/α,β-unsaturated/α-hetero) is 1. The number of carbonyl (C=O) groups is 2. The number of benzene rings is 1. The number of hydrogen-bond donors (Lipinski definition) is 0. The van der Waals surface area contributed by atoms with Crippen LogP contribution in [0.15, 0.2) is 18.2 Å². The molecule has 96 valence electrons. The summed E-state index contributed by atoms with van der Waals surface area (Å²) in [5, 5.41) is 0. The molecule has 0 spiro atoms. The quantitative estimate of drug-likeness (QED) is 0.606. The number of rotatable bonds is 3. The van der Waals surface area contributed by atoms with Crippen molar-refractivity contribution in [3.8, 4) is 5.75 Å². The van der Waals surface area contributed by atoms with Gasteiger partial charge in [0.25, 0.3) is 0 Å². The van der Waals surface area contributed by atoms with E-state index in [-0.39, 0.29) is 5.78 Å². The fraction of sp³-hybridized carbons (Fsp3) is 0.429. The fourth-order valence-electron chi connectivity index (χ4n) is 2.50. The highest BCUT2D eigenvalue weighted by molar-refractivity contribution is 6.16. The maximum atomic E-state index is 12.5. The Kier molecular flexibility index (Phi) is 3.11. The van der Waals surface area contributed by atoms with Crippen molar-refractivity contribution in [1.29, 1.82) is 0 Å². The molecule has 0 saturated carbocycles. The second-order valence-corrected chi connectivity index (χ2v) is 4.46. The molecular formula is C14H16O4. The lowest BCUT2D eigenvalue weighted by Crippen LogP contribution is -2.37. The van der Waals surface area contributed by atoms with Crippen molar-refractivity contribution >= 4 is 11.8 Å². The van der Waals surface area contributed by atoms with Gasteiger partial charge in [0, 0.05) is 5.56 Å². The molecule has 0 N–H and O–H groups in total. The van der Waals surface area contributed by atoms with Gasteiger partial charge in [-0.15, -0.1) is 0 Å². The van der Waals surface area contributed by atoms with Gasteiger partial charge in [0.2, 0.25) is 0 Å². The van der Waals surface area contributed by atoms with Crippen molar-refractivity contribution in [1.82, 2.24) is 0 Å². The van der Waals surface area contributed by atoms with Crippen LogP contribution in [0.1, 0.15) is 29.3 Å². The molecule has 0 saturated heterocycles. The van der Waals surface area contributed by atoms with Crippen molar-refractivity contribution < 1.29 is 19.1 Å². The lowest BCUT2D eigenvalue weighted by atomic mass is 9.81. The van der Waals surface area contributed by atoms with Gasteiger partial charge in [0.15, 0.2) is 5.78 Å². The Hall–Kier alpha value is -1.84. The Morgan fingerprint density at radius 3 is 2.67 bits per heavy atom. The number of fused-ring (bicyclic) bond motifs is 1. The molecule has 1 atom stereocenters. The highest BCUT2D eigenvalue weighted by Crippen LogP contribution is 2.41. The third-order valence-electron chi connectivity index (χ3n) is 3.67. The Morgan fingerprint density at radius 2 is 2.11 bits per heavy atom. The van der Waals surface area contributed by atoms with Crippen molar-refractivity contribution in [3.63, 3.8) is 0 Å². The lowest BCUT2D eigenvalue weighted by Gasteiger charge is -2.21. The largest absolute Gasteiger partial charge is 0.497 e. The average molecular weight is 248 g/mol. The highest BCUT2D eigenvalue weighted by Gasteiger charge is 2.51. The maximum absolute atomic E-state index is 12.5. The van der Waals surface area contributed by atoms with Crippen LogP contribution in [0.5, 0.6) is 5.75 Å². The van der Waals surface area contributed by atoms with E-state index >= 15 is 0 Å². The molecule has 0 aromatic heterocycles. The molecule has 18 heavy (non-hydrogen) atoms. The third kappa shape index (κ3) is 1.60. The van der Waals surface area contributed by atoms with Gasteiger partial charge < -0.3 is 9.47 Å². The van der Waals surface area contributed by atoms with E-state index in [0.717, 1.165) is 5.56 Å². The predicted molar refractivity (Wildman–Crippen MR) is 65.8 cm³/mol. The first-order valence-corrected chi connectivity index (χ1v) is 5.89. The number of esters is 1. The van der Waals surface area contributed by atoms with Crippen LogP contribution < -0.4 is 4.74 Å². The summed E-state index contributed by atoms with van der Waals surface area (Å²) in [6.07, 6.45) is 0.851. The van der Waals surface area contributed by atoms with Gasteiger partial charge in [-0.25, -0.2) is 0 Å². The van der Waals surface area contributed by atoms with Gasteiger partial charge in [-0.2, -0.15) is 0 Å².